The fourth-order valence-corrected chi connectivity index (χ4v) is 4.24. The second-order valence-corrected chi connectivity index (χ2v) is 7.91. The van der Waals surface area contributed by atoms with Crippen LogP contribution in [-0.4, -0.2) is 27.7 Å². The van der Waals surface area contributed by atoms with Gasteiger partial charge < -0.3 is 10.1 Å². The van der Waals surface area contributed by atoms with Gasteiger partial charge in [-0.05, 0) is 44.0 Å². The number of benzene rings is 1. The summed E-state index contributed by atoms with van der Waals surface area (Å²) in [5, 5.41) is 15.4. The van der Waals surface area contributed by atoms with E-state index in [2.05, 4.69) is 20.5 Å². The Bertz CT molecular complexity index is 900. The summed E-state index contributed by atoms with van der Waals surface area (Å²) in [5.41, 5.74) is 1.77. The first-order valence-corrected chi connectivity index (χ1v) is 10.2. The highest BCUT2D eigenvalue weighted by Crippen LogP contribution is 2.42. The third-order valence-corrected chi connectivity index (χ3v) is 5.86. The van der Waals surface area contributed by atoms with Crippen molar-refractivity contribution in [2.45, 2.75) is 32.1 Å². The van der Waals surface area contributed by atoms with Crippen LogP contribution in [-0.2, 0) is 11.2 Å². The van der Waals surface area contributed by atoms with Crippen LogP contribution in [0, 0.1) is 0 Å². The van der Waals surface area contributed by atoms with Crippen LogP contribution in [0.5, 0.6) is 5.75 Å². The number of thiazole rings is 1. The Morgan fingerprint density at radius 3 is 2.81 bits per heavy atom. The number of carbonyl (C=O) groups excluding carboxylic acids is 1. The molecule has 1 saturated carbocycles. The third kappa shape index (κ3) is 4.08. The number of nitrogens with one attached hydrogen (secondary N) is 1. The summed E-state index contributed by atoms with van der Waals surface area (Å²) in [6.07, 6.45) is 2.58. The molecule has 0 saturated heterocycles. The quantitative estimate of drug-likeness (QED) is 0.661. The molecular formula is C18H18N4O2S2. The van der Waals surface area contributed by atoms with E-state index in [1.165, 1.54) is 35.5 Å². The van der Waals surface area contributed by atoms with E-state index >= 15 is 0 Å². The minimum absolute atomic E-state index is 0.118. The van der Waals surface area contributed by atoms with Gasteiger partial charge in [0.15, 0.2) is 0 Å². The van der Waals surface area contributed by atoms with Crippen molar-refractivity contribution in [3.8, 4) is 16.3 Å². The van der Waals surface area contributed by atoms with E-state index in [1.54, 1.807) is 0 Å². The van der Waals surface area contributed by atoms with Gasteiger partial charge in [-0.3, -0.25) is 4.79 Å². The number of anilines is 1. The summed E-state index contributed by atoms with van der Waals surface area (Å²) in [6.45, 7) is 2.60. The van der Waals surface area contributed by atoms with Crippen LogP contribution < -0.4 is 10.1 Å². The molecule has 0 unspecified atom stereocenters. The minimum atomic E-state index is -0.118. The first-order valence-electron chi connectivity index (χ1n) is 8.52. The largest absolute Gasteiger partial charge is 0.494 e. The van der Waals surface area contributed by atoms with Crippen molar-refractivity contribution < 1.29 is 9.53 Å². The maximum absolute atomic E-state index is 12.2. The van der Waals surface area contributed by atoms with Gasteiger partial charge in [0, 0.05) is 16.9 Å². The molecule has 1 fully saturated rings. The summed E-state index contributed by atoms with van der Waals surface area (Å²) < 4.78 is 5.45. The molecule has 1 aromatic carbocycles. The second kappa shape index (κ2) is 7.51. The lowest BCUT2D eigenvalue weighted by Crippen LogP contribution is -2.14. The molecule has 26 heavy (non-hydrogen) atoms. The van der Waals surface area contributed by atoms with Crippen molar-refractivity contribution in [1.82, 2.24) is 15.2 Å². The van der Waals surface area contributed by atoms with Crippen LogP contribution >= 0.6 is 22.7 Å². The molecule has 8 heteroatoms. The molecule has 3 aromatic rings. The van der Waals surface area contributed by atoms with E-state index < -0.39 is 0 Å². The molecule has 1 aliphatic rings. The molecule has 0 spiro atoms. The minimum Gasteiger partial charge on any atom is -0.494 e. The van der Waals surface area contributed by atoms with Crippen molar-refractivity contribution in [3.05, 3.63) is 40.3 Å². The van der Waals surface area contributed by atoms with Gasteiger partial charge in [-0.25, -0.2) is 4.98 Å². The molecule has 1 aliphatic carbocycles. The summed E-state index contributed by atoms with van der Waals surface area (Å²) in [7, 11) is 0. The average Bonchev–Trinajstić information content (AvgIpc) is 3.21. The third-order valence-electron chi connectivity index (χ3n) is 3.92. The van der Waals surface area contributed by atoms with Crippen molar-refractivity contribution in [3.63, 3.8) is 0 Å². The first kappa shape index (κ1) is 17.1. The van der Waals surface area contributed by atoms with Crippen LogP contribution in [0.4, 0.5) is 5.13 Å². The van der Waals surface area contributed by atoms with Crippen LogP contribution in [0.3, 0.4) is 0 Å². The molecule has 2 aromatic heterocycles. The van der Waals surface area contributed by atoms with E-state index in [4.69, 9.17) is 4.74 Å². The van der Waals surface area contributed by atoms with Gasteiger partial charge >= 0.3 is 0 Å². The number of hydrogen-bond acceptors (Lipinski definition) is 7. The molecule has 1 amide bonds. The summed E-state index contributed by atoms with van der Waals surface area (Å²) >= 11 is 3.00. The number of hydrogen-bond donors (Lipinski definition) is 1. The zero-order valence-corrected chi connectivity index (χ0v) is 15.9. The van der Waals surface area contributed by atoms with Crippen LogP contribution in [0.25, 0.3) is 10.6 Å². The van der Waals surface area contributed by atoms with Crippen molar-refractivity contribution in [2.24, 2.45) is 0 Å². The Balaban J connectivity index is 1.36. The topological polar surface area (TPSA) is 77.0 Å². The van der Waals surface area contributed by atoms with Gasteiger partial charge in [-0.1, -0.05) is 11.3 Å². The normalized spacial score (nSPS) is 13.6. The van der Waals surface area contributed by atoms with Crippen LogP contribution in [0.15, 0.2) is 29.6 Å². The smallest absolute Gasteiger partial charge is 0.232 e. The van der Waals surface area contributed by atoms with E-state index in [0.717, 1.165) is 27.0 Å². The lowest BCUT2D eigenvalue weighted by atomic mass is 10.2. The standard InChI is InChI=1S/C18H18N4O2S2/c1-2-24-14-7-5-11(6-8-14)16-19-13(10-25-16)9-15(23)20-18-22-21-17(26-18)12-3-4-12/h5-8,10,12H,2-4,9H2,1H3,(H,20,22,23). The molecule has 0 radical (unpaired) electrons. The highest BCUT2D eigenvalue weighted by Gasteiger charge is 2.27. The average molecular weight is 387 g/mol. The Morgan fingerprint density at radius 1 is 1.27 bits per heavy atom. The Morgan fingerprint density at radius 2 is 2.08 bits per heavy atom. The maximum atomic E-state index is 12.2. The van der Waals surface area contributed by atoms with Gasteiger partial charge in [0.1, 0.15) is 15.8 Å². The van der Waals surface area contributed by atoms with E-state index in [9.17, 15) is 4.79 Å². The van der Waals surface area contributed by atoms with Gasteiger partial charge in [0.25, 0.3) is 0 Å². The molecule has 134 valence electrons. The van der Waals surface area contributed by atoms with E-state index in [-0.39, 0.29) is 12.3 Å². The molecule has 4 rings (SSSR count). The predicted octanol–water partition coefficient (Wildman–Crippen LogP) is 4.12. The Labute approximate surface area is 159 Å². The number of rotatable bonds is 7. The van der Waals surface area contributed by atoms with Gasteiger partial charge in [-0.15, -0.1) is 21.5 Å². The van der Waals surface area contributed by atoms with Gasteiger partial charge in [-0.2, -0.15) is 0 Å². The second-order valence-electron chi connectivity index (χ2n) is 6.05. The van der Waals surface area contributed by atoms with E-state index in [0.29, 0.717) is 17.7 Å². The van der Waals surface area contributed by atoms with Crippen molar-refractivity contribution in [1.29, 1.82) is 0 Å². The number of carbonyl (C=O) groups is 1. The van der Waals surface area contributed by atoms with Gasteiger partial charge in [0.2, 0.25) is 11.0 Å². The fraction of sp³-hybridized carbons (Fsp3) is 0.333. The molecule has 6 nitrogen and oxygen atoms in total. The number of aromatic nitrogens is 3. The van der Waals surface area contributed by atoms with E-state index in [1.807, 2.05) is 36.6 Å². The lowest BCUT2D eigenvalue weighted by Gasteiger charge is -2.03. The highest BCUT2D eigenvalue weighted by atomic mass is 32.1. The predicted molar refractivity (Wildman–Crippen MR) is 103 cm³/mol. The molecule has 2 heterocycles. The SMILES string of the molecule is CCOc1ccc(-c2nc(CC(=O)Nc3nnc(C4CC4)s3)cs2)cc1. The highest BCUT2D eigenvalue weighted by molar-refractivity contribution is 7.15. The zero-order valence-electron chi connectivity index (χ0n) is 14.3. The number of amides is 1. The molecular weight excluding hydrogens is 368 g/mol. The number of nitrogens with zero attached hydrogens (tertiary/aromatic N) is 3. The van der Waals surface area contributed by atoms with Crippen LogP contribution in [0.1, 0.15) is 36.4 Å². The lowest BCUT2D eigenvalue weighted by molar-refractivity contribution is -0.115. The zero-order chi connectivity index (χ0) is 17.9. The Hall–Kier alpha value is -2.32. The summed E-state index contributed by atoms with van der Waals surface area (Å²) in [6, 6.07) is 7.82. The first-order chi connectivity index (χ1) is 12.7. The van der Waals surface area contributed by atoms with Gasteiger partial charge in [0.05, 0.1) is 18.7 Å². The maximum Gasteiger partial charge on any atom is 0.232 e. The molecule has 1 N–H and O–H groups in total. The van der Waals surface area contributed by atoms with Crippen molar-refractivity contribution >= 4 is 33.7 Å². The van der Waals surface area contributed by atoms with Crippen molar-refractivity contribution in [2.75, 3.05) is 11.9 Å². The number of ether oxygens (including phenoxy) is 1. The monoisotopic (exact) mass is 386 g/mol. The summed E-state index contributed by atoms with van der Waals surface area (Å²) in [5.74, 6) is 1.27. The molecule has 0 aliphatic heterocycles. The Kier molecular flexibility index (Phi) is 4.94. The summed E-state index contributed by atoms with van der Waals surface area (Å²) in [4.78, 5) is 16.8. The molecule has 0 atom stereocenters. The fourth-order valence-electron chi connectivity index (χ4n) is 2.49. The van der Waals surface area contributed by atoms with Crippen LogP contribution in [0.2, 0.25) is 0 Å². The molecule has 0 bridgehead atoms.